The van der Waals surface area contributed by atoms with E-state index in [0.29, 0.717) is 38.5 Å². The van der Waals surface area contributed by atoms with Gasteiger partial charge < -0.3 is 42.8 Å². The molecule has 1 unspecified atom stereocenters. The average Bonchev–Trinajstić information content (AvgIpc) is 3.31. The molecular weight excluding hydrogens is 827 g/mol. The first-order chi connectivity index (χ1) is 31.8. The monoisotopic (exact) mass is 912 g/mol. The standard InChI is InChI=1S/C53H85NO11/c1-6-11-15-19-27-38-58-51(59-39-28-20-16-12-7-2)35-25-23-33-49(55)62-44-48(46-65-53(57)64-43-47-32-31-37-54(10-5)42-47)45-63-50(56)34-24-26-36-52(60-40-29-21-17-13-8-3)61-41-30-22-18-14-9-4/h47-48,51-52H,6-18,23-26,31-46H2,1-5H3. The summed E-state index contributed by atoms with van der Waals surface area (Å²) in [7, 11) is 0. The van der Waals surface area contributed by atoms with Crippen molar-refractivity contribution in [2.24, 2.45) is 11.8 Å². The van der Waals surface area contributed by atoms with E-state index in [-0.39, 0.29) is 71.6 Å². The number of ether oxygens (including phenoxy) is 8. The van der Waals surface area contributed by atoms with Crippen LogP contribution in [0.15, 0.2) is 0 Å². The predicted molar refractivity (Wildman–Crippen MR) is 255 cm³/mol. The number of piperidine rings is 1. The minimum atomic E-state index is -0.794. The molecule has 65 heavy (non-hydrogen) atoms. The van der Waals surface area contributed by atoms with Crippen LogP contribution in [0.1, 0.15) is 176 Å². The first-order valence-corrected chi connectivity index (χ1v) is 25.0. The summed E-state index contributed by atoms with van der Waals surface area (Å²) in [6, 6.07) is 0. The average molecular weight is 912 g/mol. The number of hydrogen-bond acceptors (Lipinski definition) is 12. The van der Waals surface area contributed by atoms with Crippen molar-refractivity contribution >= 4 is 18.1 Å². The SMILES string of the molecule is CCCCC#CCOC(CCCCC(=O)OCC(COC(=O)CCCCC(OCC#CCCCC)OCC#CCCCC)COC(=O)OCC1CCCN(CC)C1)OCC#CCCCC. The van der Waals surface area contributed by atoms with Crippen molar-refractivity contribution in [3.05, 3.63) is 0 Å². The normalized spacial score (nSPS) is 13.4. The Kier molecular flexibility index (Phi) is 40.2. The van der Waals surface area contributed by atoms with Gasteiger partial charge in [-0.2, -0.15) is 0 Å². The number of carbonyl (C=O) groups excluding carboxylic acids is 3. The Morgan fingerprint density at radius 2 is 0.938 bits per heavy atom. The van der Waals surface area contributed by atoms with E-state index in [2.05, 4.69) is 86.9 Å². The quantitative estimate of drug-likeness (QED) is 0.0197. The predicted octanol–water partition coefficient (Wildman–Crippen LogP) is 10.2. The zero-order valence-electron chi connectivity index (χ0n) is 41.1. The molecule has 1 rings (SSSR count). The maximum atomic E-state index is 12.9. The van der Waals surface area contributed by atoms with Crippen molar-refractivity contribution in [1.29, 1.82) is 0 Å². The van der Waals surface area contributed by atoms with Crippen LogP contribution >= 0.6 is 0 Å². The zero-order valence-corrected chi connectivity index (χ0v) is 41.1. The van der Waals surface area contributed by atoms with E-state index in [1.54, 1.807) is 0 Å². The van der Waals surface area contributed by atoms with Crippen LogP contribution < -0.4 is 0 Å². The van der Waals surface area contributed by atoms with Gasteiger partial charge in [0.25, 0.3) is 0 Å². The molecule has 0 aromatic rings. The lowest BCUT2D eigenvalue weighted by Crippen LogP contribution is -2.37. The molecule has 0 bridgehead atoms. The Morgan fingerprint density at radius 3 is 1.34 bits per heavy atom. The minimum absolute atomic E-state index is 0.0885. The van der Waals surface area contributed by atoms with Gasteiger partial charge in [0.2, 0.25) is 0 Å². The third kappa shape index (κ3) is 37.1. The van der Waals surface area contributed by atoms with Crippen LogP contribution in [0.4, 0.5) is 4.79 Å². The third-order valence-corrected chi connectivity index (χ3v) is 10.5. The van der Waals surface area contributed by atoms with Gasteiger partial charge in [-0.3, -0.25) is 9.59 Å². The first-order valence-electron chi connectivity index (χ1n) is 25.0. The molecule has 1 heterocycles. The lowest BCUT2D eigenvalue weighted by atomic mass is 9.99. The van der Waals surface area contributed by atoms with E-state index in [0.717, 1.165) is 110 Å². The van der Waals surface area contributed by atoms with E-state index >= 15 is 0 Å². The van der Waals surface area contributed by atoms with Gasteiger partial charge in [0.05, 0.1) is 12.5 Å². The lowest BCUT2D eigenvalue weighted by molar-refractivity contribution is -0.150. The smallest absolute Gasteiger partial charge is 0.465 e. The highest BCUT2D eigenvalue weighted by molar-refractivity contribution is 5.69. The second kappa shape index (κ2) is 44.1. The van der Waals surface area contributed by atoms with E-state index in [9.17, 15) is 14.4 Å². The van der Waals surface area contributed by atoms with Crippen molar-refractivity contribution in [2.75, 3.05) is 72.5 Å². The fraction of sp³-hybridized carbons (Fsp3) is 0.792. The summed E-state index contributed by atoms with van der Waals surface area (Å²) in [5.41, 5.74) is 0. The van der Waals surface area contributed by atoms with E-state index in [1.807, 2.05) is 0 Å². The van der Waals surface area contributed by atoms with Gasteiger partial charge in [-0.1, -0.05) is 84.0 Å². The van der Waals surface area contributed by atoms with Gasteiger partial charge in [-0.25, -0.2) is 4.79 Å². The molecule has 368 valence electrons. The summed E-state index contributed by atoms with van der Waals surface area (Å²) in [5, 5.41) is 0. The molecule has 0 amide bonds. The summed E-state index contributed by atoms with van der Waals surface area (Å²) < 4.78 is 45.7. The topological polar surface area (TPSA) is 128 Å². The molecular formula is C53H85NO11. The number of likely N-dealkylation sites (tertiary alicyclic amines) is 1. The summed E-state index contributed by atoms with van der Waals surface area (Å²) in [4.78, 5) is 40.7. The second-order valence-corrected chi connectivity index (χ2v) is 16.4. The minimum Gasteiger partial charge on any atom is -0.465 e. The fourth-order valence-electron chi connectivity index (χ4n) is 6.45. The summed E-state index contributed by atoms with van der Waals surface area (Å²) in [5.74, 6) is 23.6. The summed E-state index contributed by atoms with van der Waals surface area (Å²) in [6.07, 6.45) is 16.2. The van der Waals surface area contributed by atoms with Crippen LogP contribution in [0.3, 0.4) is 0 Å². The van der Waals surface area contributed by atoms with Gasteiger partial charge >= 0.3 is 18.1 Å². The number of esters is 2. The van der Waals surface area contributed by atoms with Gasteiger partial charge in [-0.15, -0.1) is 23.7 Å². The molecule has 1 fully saturated rings. The number of nitrogens with zero attached hydrogens (tertiary/aromatic N) is 1. The highest BCUT2D eigenvalue weighted by Crippen LogP contribution is 2.17. The molecule has 0 spiro atoms. The van der Waals surface area contributed by atoms with Gasteiger partial charge in [0.15, 0.2) is 12.6 Å². The van der Waals surface area contributed by atoms with E-state index in [4.69, 9.17) is 37.9 Å². The van der Waals surface area contributed by atoms with E-state index in [1.165, 1.54) is 0 Å². The van der Waals surface area contributed by atoms with Gasteiger partial charge in [0.1, 0.15) is 46.2 Å². The summed E-state index contributed by atoms with van der Waals surface area (Å²) in [6.45, 7) is 14.6. The number of carbonyl (C=O) groups is 3. The molecule has 0 saturated carbocycles. The Balaban J connectivity index is 2.71. The lowest BCUT2D eigenvalue weighted by Gasteiger charge is -2.31. The highest BCUT2D eigenvalue weighted by atomic mass is 16.7. The van der Waals surface area contributed by atoms with Gasteiger partial charge in [-0.05, 0) is 90.1 Å². The van der Waals surface area contributed by atoms with Crippen LogP contribution in [0.2, 0.25) is 0 Å². The molecule has 1 aliphatic rings. The Labute approximate surface area is 394 Å². The number of unbranched alkanes of at least 4 members (excludes halogenated alkanes) is 10. The number of hydrogen-bond donors (Lipinski definition) is 0. The van der Waals surface area contributed by atoms with Gasteiger partial charge in [0, 0.05) is 51.0 Å². The Morgan fingerprint density at radius 1 is 0.523 bits per heavy atom. The number of rotatable bonds is 35. The van der Waals surface area contributed by atoms with Crippen LogP contribution in [0.5, 0.6) is 0 Å². The van der Waals surface area contributed by atoms with Crippen molar-refractivity contribution in [3.63, 3.8) is 0 Å². The molecule has 0 aromatic carbocycles. The van der Waals surface area contributed by atoms with Crippen LogP contribution in [0.25, 0.3) is 0 Å². The van der Waals surface area contributed by atoms with Crippen molar-refractivity contribution in [2.45, 2.75) is 188 Å². The molecule has 12 nitrogen and oxygen atoms in total. The zero-order chi connectivity index (χ0) is 47.3. The van der Waals surface area contributed by atoms with Crippen molar-refractivity contribution in [1.82, 2.24) is 4.90 Å². The highest BCUT2D eigenvalue weighted by Gasteiger charge is 2.22. The largest absolute Gasteiger partial charge is 0.508 e. The second-order valence-electron chi connectivity index (χ2n) is 16.4. The third-order valence-electron chi connectivity index (χ3n) is 10.5. The molecule has 0 radical (unpaired) electrons. The molecule has 1 saturated heterocycles. The molecule has 0 N–H and O–H groups in total. The molecule has 0 aliphatic carbocycles. The van der Waals surface area contributed by atoms with Crippen LogP contribution in [-0.4, -0.2) is 108 Å². The molecule has 12 heteroatoms. The molecule has 0 aromatic heterocycles. The molecule has 1 aliphatic heterocycles. The first kappa shape index (κ1) is 59.3. The maximum absolute atomic E-state index is 12.9. The summed E-state index contributed by atoms with van der Waals surface area (Å²) >= 11 is 0. The van der Waals surface area contributed by atoms with Crippen molar-refractivity contribution < 1.29 is 52.3 Å². The fourth-order valence-corrected chi connectivity index (χ4v) is 6.45. The van der Waals surface area contributed by atoms with Crippen molar-refractivity contribution in [3.8, 4) is 47.4 Å². The van der Waals surface area contributed by atoms with E-state index < -0.39 is 36.6 Å². The van der Waals surface area contributed by atoms with Crippen LogP contribution in [0, 0.1) is 59.2 Å². The molecule has 1 atom stereocenters. The Bertz CT molecular complexity index is 1320. The van der Waals surface area contributed by atoms with Crippen LogP contribution in [-0.2, 0) is 47.5 Å². The maximum Gasteiger partial charge on any atom is 0.508 e. The Hall–Kier alpha value is -3.75.